The van der Waals surface area contributed by atoms with Crippen molar-refractivity contribution in [3.63, 3.8) is 0 Å². The SMILES string of the molecule is CNC(C)(C)CC(=O)Nc1cccc(C)n1. The fourth-order valence-corrected chi connectivity index (χ4v) is 1.29. The number of hydrogen-bond acceptors (Lipinski definition) is 3. The lowest BCUT2D eigenvalue weighted by Crippen LogP contribution is -2.39. The van der Waals surface area contributed by atoms with Crippen LogP contribution >= 0.6 is 0 Å². The molecule has 0 aliphatic carbocycles. The van der Waals surface area contributed by atoms with Crippen molar-refractivity contribution in [1.82, 2.24) is 10.3 Å². The molecule has 0 saturated heterocycles. The third-order valence-corrected chi connectivity index (χ3v) is 2.44. The highest BCUT2D eigenvalue weighted by Crippen LogP contribution is 2.10. The first-order valence-corrected chi connectivity index (χ1v) is 5.35. The zero-order valence-electron chi connectivity index (χ0n) is 10.3. The Morgan fingerprint density at radius 2 is 2.12 bits per heavy atom. The van der Waals surface area contributed by atoms with E-state index in [1.54, 1.807) is 6.07 Å². The molecule has 0 aliphatic rings. The lowest BCUT2D eigenvalue weighted by Gasteiger charge is -2.22. The molecular formula is C12H19N3O. The average molecular weight is 221 g/mol. The topological polar surface area (TPSA) is 54.0 Å². The molecule has 1 aromatic heterocycles. The normalized spacial score (nSPS) is 11.2. The third-order valence-electron chi connectivity index (χ3n) is 2.44. The Balaban J connectivity index is 2.59. The van der Waals surface area contributed by atoms with Gasteiger partial charge in [-0.3, -0.25) is 4.79 Å². The number of nitrogens with one attached hydrogen (secondary N) is 2. The summed E-state index contributed by atoms with van der Waals surface area (Å²) in [6.45, 7) is 5.86. The van der Waals surface area contributed by atoms with E-state index in [0.29, 0.717) is 12.2 Å². The smallest absolute Gasteiger partial charge is 0.227 e. The predicted molar refractivity (Wildman–Crippen MR) is 65.4 cm³/mol. The van der Waals surface area contributed by atoms with Crippen LogP contribution in [0.5, 0.6) is 0 Å². The number of aromatic nitrogens is 1. The van der Waals surface area contributed by atoms with Crippen molar-refractivity contribution in [1.29, 1.82) is 0 Å². The maximum atomic E-state index is 11.7. The van der Waals surface area contributed by atoms with E-state index in [2.05, 4.69) is 15.6 Å². The van der Waals surface area contributed by atoms with E-state index in [1.165, 1.54) is 0 Å². The molecule has 4 nitrogen and oxygen atoms in total. The molecule has 88 valence electrons. The summed E-state index contributed by atoms with van der Waals surface area (Å²) in [4.78, 5) is 15.9. The Morgan fingerprint density at radius 3 is 2.69 bits per heavy atom. The minimum Gasteiger partial charge on any atom is -0.314 e. The van der Waals surface area contributed by atoms with Crippen LogP contribution in [0.1, 0.15) is 26.0 Å². The van der Waals surface area contributed by atoms with Gasteiger partial charge in [-0.05, 0) is 40.0 Å². The Hall–Kier alpha value is -1.42. The first kappa shape index (κ1) is 12.6. The van der Waals surface area contributed by atoms with E-state index in [4.69, 9.17) is 0 Å². The number of carbonyl (C=O) groups is 1. The number of pyridine rings is 1. The molecule has 4 heteroatoms. The minimum absolute atomic E-state index is 0.0301. The van der Waals surface area contributed by atoms with Gasteiger partial charge in [0, 0.05) is 17.7 Å². The van der Waals surface area contributed by atoms with Crippen molar-refractivity contribution in [3.05, 3.63) is 23.9 Å². The lowest BCUT2D eigenvalue weighted by molar-refractivity contribution is -0.117. The zero-order chi connectivity index (χ0) is 12.2. The number of anilines is 1. The molecule has 0 fully saturated rings. The first-order valence-electron chi connectivity index (χ1n) is 5.35. The molecule has 0 bridgehead atoms. The molecular weight excluding hydrogens is 202 g/mol. The maximum Gasteiger partial charge on any atom is 0.227 e. The van der Waals surface area contributed by atoms with Crippen LogP contribution in [0.3, 0.4) is 0 Å². The van der Waals surface area contributed by atoms with Gasteiger partial charge in [0.25, 0.3) is 0 Å². The third kappa shape index (κ3) is 3.98. The highest BCUT2D eigenvalue weighted by atomic mass is 16.1. The lowest BCUT2D eigenvalue weighted by atomic mass is 10.0. The Bertz CT molecular complexity index is 374. The van der Waals surface area contributed by atoms with E-state index in [0.717, 1.165) is 5.69 Å². The Kier molecular flexibility index (Phi) is 4.01. The molecule has 0 saturated carbocycles. The molecule has 2 N–H and O–H groups in total. The molecule has 1 amide bonds. The molecule has 0 aromatic carbocycles. The molecule has 1 heterocycles. The number of hydrogen-bond donors (Lipinski definition) is 2. The van der Waals surface area contributed by atoms with Gasteiger partial charge in [0.2, 0.25) is 5.91 Å². The van der Waals surface area contributed by atoms with Crippen molar-refractivity contribution in [2.75, 3.05) is 12.4 Å². The molecule has 0 atom stereocenters. The highest BCUT2D eigenvalue weighted by Gasteiger charge is 2.19. The Morgan fingerprint density at radius 1 is 1.44 bits per heavy atom. The van der Waals surface area contributed by atoms with Gasteiger partial charge in [-0.2, -0.15) is 0 Å². The van der Waals surface area contributed by atoms with Crippen molar-refractivity contribution in [2.24, 2.45) is 0 Å². The van der Waals surface area contributed by atoms with Gasteiger partial charge in [0.1, 0.15) is 5.82 Å². The van der Waals surface area contributed by atoms with Gasteiger partial charge in [-0.15, -0.1) is 0 Å². The van der Waals surface area contributed by atoms with Crippen LogP contribution in [0.2, 0.25) is 0 Å². The van der Waals surface area contributed by atoms with Crippen LogP contribution < -0.4 is 10.6 Å². The van der Waals surface area contributed by atoms with Gasteiger partial charge in [-0.25, -0.2) is 4.98 Å². The molecule has 1 rings (SSSR count). The highest BCUT2D eigenvalue weighted by molar-refractivity contribution is 5.90. The van der Waals surface area contributed by atoms with Crippen molar-refractivity contribution >= 4 is 11.7 Å². The second kappa shape index (κ2) is 5.07. The van der Waals surface area contributed by atoms with Crippen LogP contribution in [0, 0.1) is 6.92 Å². The van der Waals surface area contributed by atoms with E-state index < -0.39 is 0 Å². The fraction of sp³-hybridized carbons (Fsp3) is 0.500. The summed E-state index contributed by atoms with van der Waals surface area (Å²) in [6, 6.07) is 5.56. The van der Waals surface area contributed by atoms with E-state index in [1.807, 2.05) is 40.0 Å². The second-order valence-electron chi connectivity index (χ2n) is 4.52. The van der Waals surface area contributed by atoms with Gasteiger partial charge in [0.15, 0.2) is 0 Å². The van der Waals surface area contributed by atoms with Crippen molar-refractivity contribution < 1.29 is 4.79 Å². The standard InChI is InChI=1S/C12H19N3O/c1-9-6-5-7-10(14-9)15-11(16)8-12(2,3)13-4/h5-7,13H,8H2,1-4H3,(H,14,15,16). The Labute approximate surface area is 96.5 Å². The van der Waals surface area contributed by atoms with Crippen LogP contribution in [0.4, 0.5) is 5.82 Å². The largest absolute Gasteiger partial charge is 0.314 e. The maximum absolute atomic E-state index is 11.7. The summed E-state index contributed by atoms with van der Waals surface area (Å²) < 4.78 is 0. The van der Waals surface area contributed by atoms with Crippen LogP contribution in [-0.4, -0.2) is 23.5 Å². The van der Waals surface area contributed by atoms with Crippen LogP contribution in [-0.2, 0) is 4.79 Å². The quantitative estimate of drug-likeness (QED) is 0.814. The number of rotatable bonds is 4. The molecule has 0 unspecified atom stereocenters. The molecule has 0 aliphatic heterocycles. The number of carbonyl (C=O) groups excluding carboxylic acids is 1. The minimum atomic E-state index is -0.200. The van der Waals surface area contributed by atoms with E-state index in [9.17, 15) is 4.79 Å². The van der Waals surface area contributed by atoms with Crippen LogP contribution in [0.25, 0.3) is 0 Å². The summed E-state index contributed by atoms with van der Waals surface area (Å²) >= 11 is 0. The summed E-state index contributed by atoms with van der Waals surface area (Å²) in [5, 5.41) is 5.87. The van der Waals surface area contributed by atoms with Gasteiger partial charge in [-0.1, -0.05) is 6.07 Å². The molecule has 0 radical (unpaired) electrons. The van der Waals surface area contributed by atoms with Crippen molar-refractivity contribution in [2.45, 2.75) is 32.7 Å². The van der Waals surface area contributed by atoms with Gasteiger partial charge in [0.05, 0.1) is 0 Å². The predicted octanol–water partition coefficient (Wildman–Crippen LogP) is 1.72. The fourth-order valence-electron chi connectivity index (χ4n) is 1.29. The number of aryl methyl sites for hydroxylation is 1. The summed E-state index contributed by atoms with van der Waals surface area (Å²) in [5.74, 6) is 0.578. The zero-order valence-corrected chi connectivity index (χ0v) is 10.3. The second-order valence-corrected chi connectivity index (χ2v) is 4.52. The molecule has 16 heavy (non-hydrogen) atoms. The first-order chi connectivity index (χ1) is 7.43. The van der Waals surface area contributed by atoms with E-state index >= 15 is 0 Å². The molecule has 1 aromatic rings. The average Bonchev–Trinajstić information content (AvgIpc) is 2.16. The van der Waals surface area contributed by atoms with Gasteiger partial charge < -0.3 is 10.6 Å². The summed E-state index contributed by atoms with van der Waals surface area (Å²) in [5.41, 5.74) is 0.694. The summed E-state index contributed by atoms with van der Waals surface area (Å²) in [6.07, 6.45) is 0.416. The summed E-state index contributed by atoms with van der Waals surface area (Å²) in [7, 11) is 1.85. The monoisotopic (exact) mass is 221 g/mol. The number of nitrogens with zero attached hydrogens (tertiary/aromatic N) is 1. The number of amides is 1. The van der Waals surface area contributed by atoms with Crippen molar-refractivity contribution in [3.8, 4) is 0 Å². The molecule has 0 spiro atoms. The van der Waals surface area contributed by atoms with E-state index in [-0.39, 0.29) is 11.4 Å². The van der Waals surface area contributed by atoms with Gasteiger partial charge >= 0.3 is 0 Å². The van der Waals surface area contributed by atoms with Crippen LogP contribution in [0.15, 0.2) is 18.2 Å².